The Balaban J connectivity index is 2.36. The summed E-state index contributed by atoms with van der Waals surface area (Å²) in [5.41, 5.74) is 1.33. The molecular formula is C17H20N2O3S2. The molecule has 0 aliphatic carbocycles. The van der Waals surface area contributed by atoms with E-state index in [1.54, 1.807) is 19.1 Å². The highest BCUT2D eigenvalue weighted by Crippen LogP contribution is 2.46. The molecule has 0 unspecified atom stereocenters. The third kappa shape index (κ3) is 2.43. The smallest absolute Gasteiger partial charge is 0.269 e. The Labute approximate surface area is 146 Å². The van der Waals surface area contributed by atoms with Gasteiger partial charge in [-0.3, -0.25) is 0 Å². The lowest BCUT2D eigenvalue weighted by molar-refractivity contribution is 0.514. The van der Waals surface area contributed by atoms with Gasteiger partial charge < -0.3 is 5.11 Å². The molecule has 0 bridgehead atoms. The summed E-state index contributed by atoms with van der Waals surface area (Å²) in [5, 5.41) is 11.6. The lowest BCUT2D eigenvalue weighted by Gasteiger charge is -2.28. The number of hydrogen-bond acceptors (Lipinski definition) is 5. The monoisotopic (exact) mass is 364 g/mol. The fraction of sp³-hybridized carbons (Fsp3) is 0.353. The van der Waals surface area contributed by atoms with Gasteiger partial charge in [-0.15, -0.1) is 11.3 Å². The molecule has 0 radical (unpaired) electrons. The number of aliphatic hydroxyl groups excluding tert-OH is 1. The van der Waals surface area contributed by atoms with Crippen LogP contribution in [-0.4, -0.2) is 25.1 Å². The van der Waals surface area contributed by atoms with Gasteiger partial charge in [-0.2, -0.15) is 0 Å². The molecule has 1 aromatic carbocycles. The van der Waals surface area contributed by atoms with Gasteiger partial charge in [0.05, 0.1) is 5.01 Å². The minimum absolute atomic E-state index is 0.0334. The summed E-state index contributed by atoms with van der Waals surface area (Å²) >= 11 is 1.35. The molecule has 0 amide bonds. The van der Waals surface area contributed by atoms with E-state index in [0.717, 1.165) is 10.6 Å². The third-order valence-electron chi connectivity index (χ3n) is 4.01. The molecule has 0 spiro atoms. The number of aromatic nitrogens is 1. The van der Waals surface area contributed by atoms with Crippen molar-refractivity contribution in [3.05, 3.63) is 45.3 Å². The average Bonchev–Trinajstić information content (AvgIpc) is 2.94. The van der Waals surface area contributed by atoms with Gasteiger partial charge in [0.2, 0.25) is 0 Å². The van der Waals surface area contributed by atoms with E-state index in [4.69, 9.17) is 0 Å². The summed E-state index contributed by atoms with van der Waals surface area (Å²) in [6.45, 7) is 7.87. The van der Waals surface area contributed by atoms with Gasteiger partial charge >= 0.3 is 0 Å². The van der Waals surface area contributed by atoms with E-state index in [9.17, 15) is 13.5 Å². The Morgan fingerprint density at radius 2 is 1.96 bits per heavy atom. The van der Waals surface area contributed by atoms with Crippen LogP contribution < -0.4 is 4.31 Å². The minimum atomic E-state index is -3.86. The molecule has 2 heterocycles. The van der Waals surface area contributed by atoms with Gasteiger partial charge in [0.1, 0.15) is 9.78 Å². The predicted octanol–water partition coefficient (Wildman–Crippen LogP) is 4.13. The third-order valence-corrected chi connectivity index (χ3v) is 7.30. The van der Waals surface area contributed by atoms with E-state index in [1.807, 2.05) is 32.9 Å². The minimum Gasteiger partial charge on any atom is -0.505 e. The number of aryl methyl sites for hydroxylation is 1. The van der Waals surface area contributed by atoms with Crippen LogP contribution in [0, 0.1) is 6.92 Å². The summed E-state index contributed by atoms with van der Waals surface area (Å²) in [6, 6.07) is 7.18. The largest absolute Gasteiger partial charge is 0.505 e. The van der Waals surface area contributed by atoms with Crippen molar-refractivity contribution in [3.63, 3.8) is 0 Å². The van der Waals surface area contributed by atoms with Crippen molar-refractivity contribution < 1.29 is 13.5 Å². The molecule has 128 valence electrons. The molecular weight excluding hydrogens is 344 g/mol. The number of fused-ring (bicyclic) bond motifs is 1. The van der Waals surface area contributed by atoms with E-state index in [-0.39, 0.29) is 23.1 Å². The van der Waals surface area contributed by atoms with Crippen molar-refractivity contribution in [1.82, 2.24) is 4.98 Å². The normalized spacial score (nSPS) is 16.6. The summed E-state index contributed by atoms with van der Waals surface area (Å²) in [6.07, 6.45) is 0. The number of sulfonamides is 1. The first-order valence-electron chi connectivity index (χ1n) is 7.82. The van der Waals surface area contributed by atoms with Gasteiger partial charge in [0, 0.05) is 18.0 Å². The average molecular weight is 364 g/mol. The first-order chi connectivity index (χ1) is 11.3. The summed E-state index contributed by atoms with van der Waals surface area (Å²) < 4.78 is 27.5. The van der Waals surface area contributed by atoms with Crippen LogP contribution in [0.5, 0.6) is 0 Å². The van der Waals surface area contributed by atoms with Crippen molar-refractivity contribution in [2.24, 2.45) is 0 Å². The Hall–Kier alpha value is -1.86. The van der Waals surface area contributed by atoms with Crippen molar-refractivity contribution >= 4 is 37.8 Å². The maximum absolute atomic E-state index is 13.1. The van der Waals surface area contributed by atoms with E-state index < -0.39 is 10.0 Å². The second-order valence-electron chi connectivity index (χ2n) is 6.02. The molecule has 0 saturated heterocycles. The molecule has 1 aliphatic rings. The number of hydrogen-bond donors (Lipinski definition) is 1. The molecule has 0 fully saturated rings. The van der Waals surface area contributed by atoms with E-state index >= 15 is 0 Å². The molecule has 1 N–H and O–H groups in total. The van der Waals surface area contributed by atoms with Crippen LogP contribution >= 0.6 is 11.3 Å². The van der Waals surface area contributed by atoms with Crippen LogP contribution in [0.15, 0.2) is 24.3 Å². The molecule has 5 nitrogen and oxygen atoms in total. The fourth-order valence-electron chi connectivity index (χ4n) is 2.76. The highest BCUT2D eigenvalue weighted by Gasteiger charge is 2.40. The van der Waals surface area contributed by atoms with Crippen LogP contribution in [0.2, 0.25) is 0 Å². The number of rotatable bonds is 3. The molecule has 0 saturated carbocycles. The Bertz CT molecular complexity index is 927. The highest BCUT2D eigenvalue weighted by atomic mass is 32.2. The van der Waals surface area contributed by atoms with Crippen molar-refractivity contribution in [2.45, 2.75) is 33.6 Å². The van der Waals surface area contributed by atoms with Crippen LogP contribution in [0.25, 0.3) is 10.7 Å². The highest BCUT2D eigenvalue weighted by molar-refractivity contribution is 8.02. The fourth-order valence-corrected chi connectivity index (χ4v) is 5.68. The number of nitrogens with zero attached hydrogens (tertiary/aromatic N) is 2. The van der Waals surface area contributed by atoms with Crippen LogP contribution in [-0.2, 0) is 10.0 Å². The van der Waals surface area contributed by atoms with E-state index in [1.165, 1.54) is 15.6 Å². The SMILES string of the molecule is CCN1c2nc(C(C)C)sc2C(O)=C(c2ccccc2C)S1(=O)=O. The first-order valence-corrected chi connectivity index (χ1v) is 10.1. The molecule has 2 aromatic rings. The summed E-state index contributed by atoms with van der Waals surface area (Å²) in [7, 11) is -3.86. The van der Waals surface area contributed by atoms with Gasteiger partial charge in [0.25, 0.3) is 10.0 Å². The second kappa shape index (κ2) is 5.89. The quantitative estimate of drug-likeness (QED) is 0.889. The molecule has 7 heteroatoms. The zero-order valence-electron chi connectivity index (χ0n) is 14.1. The predicted molar refractivity (Wildman–Crippen MR) is 98.8 cm³/mol. The molecule has 0 atom stereocenters. The number of benzene rings is 1. The Morgan fingerprint density at radius 3 is 2.54 bits per heavy atom. The van der Waals surface area contributed by atoms with Gasteiger partial charge in [0.15, 0.2) is 11.6 Å². The van der Waals surface area contributed by atoms with Crippen LogP contribution in [0.3, 0.4) is 0 Å². The standard InChI is InChI=1S/C17H20N2O3S2/c1-5-19-16-14(23-17(18-16)10(2)3)13(20)15(24(19,21)22)12-9-7-6-8-11(12)4/h6-10,20H,5H2,1-4H3. The van der Waals surface area contributed by atoms with Crippen LogP contribution in [0.4, 0.5) is 5.82 Å². The number of thiazole rings is 1. The molecule has 24 heavy (non-hydrogen) atoms. The summed E-state index contributed by atoms with van der Waals surface area (Å²) in [5.74, 6) is 0.297. The number of anilines is 1. The van der Waals surface area contributed by atoms with Crippen molar-refractivity contribution in [3.8, 4) is 0 Å². The molecule has 3 rings (SSSR count). The lowest BCUT2D eigenvalue weighted by Crippen LogP contribution is -2.35. The Kier molecular flexibility index (Phi) is 4.17. The van der Waals surface area contributed by atoms with Crippen LogP contribution in [0.1, 0.15) is 47.7 Å². The van der Waals surface area contributed by atoms with Gasteiger partial charge in [-0.25, -0.2) is 17.7 Å². The van der Waals surface area contributed by atoms with Crippen molar-refractivity contribution in [1.29, 1.82) is 0 Å². The van der Waals surface area contributed by atoms with E-state index in [0.29, 0.717) is 16.3 Å². The van der Waals surface area contributed by atoms with E-state index in [2.05, 4.69) is 4.98 Å². The topological polar surface area (TPSA) is 70.5 Å². The van der Waals surface area contributed by atoms with Crippen molar-refractivity contribution in [2.75, 3.05) is 10.8 Å². The molecule has 1 aliphatic heterocycles. The maximum atomic E-state index is 13.1. The Morgan fingerprint density at radius 1 is 1.29 bits per heavy atom. The van der Waals surface area contributed by atoms with Gasteiger partial charge in [-0.1, -0.05) is 38.1 Å². The maximum Gasteiger partial charge on any atom is 0.269 e. The number of aliphatic hydroxyl groups is 1. The first kappa shape index (κ1) is 17.0. The zero-order chi connectivity index (χ0) is 17.6. The van der Waals surface area contributed by atoms with Gasteiger partial charge in [-0.05, 0) is 19.4 Å². The lowest BCUT2D eigenvalue weighted by atomic mass is 10.1. The molecule has 1 aromatic heterocycles. The summed E-state index contributed by atoms with van der Waals surface area (Å²) in [4.78, 5) is 4.96. The second-order valence-corrected chi connectivity index (χ2v) is 8.85. The zero-order valence-corrected chi connectivity index (χ0v) is 15.7.